The molecule has 4 aromatic heterocycles. The zero-order valence-corrected chi connectivity index (χ0v) is 30.4. The van der Waals surface area contributed by atoms with Gasteiger partial charge in [-0.3, -0.25) is 0 Å². The predicted octanol–water partition coefficient (Wildman–Crippen LogP) is 14.6. The van der Waals surface area contributed by atoms with E-state index < -0.39 is 0 Å². The molecule has 2 nitrogen and oxygen atoms in total. The Morgan fingerprint density at radius 1 is 0.250 bits per heavy atom. The minimum atomic E-state index is 1.17. The molecule has 0 spiro atoms. The van der Waals surface area contributed by atoms with Crippen LogP contribution in [0, 0.1) is 0 Å². The van der Waals surface area contributed by atoms with Gasteiger partial charge in [0.15, 0.2) is 0 Å². The molecule has 0 radical (unpaired) electrons. The lowest BCUT2D eigenvalue weighted by Gasteiger charge is -2.08. The van der Waals surface area contributed by atoms with E-state index in [4.69, 9.17) is 0 Å². The predicted molar refractivity (Wildman–Crippen MR) is 237 cm³/mol. The molecular formula is C54H32N2. The van der Waals surface area contributed by atoms with Gasteiger partial charge in [-0.15, -0.1) is 0 Å². The summed E-state index contributed by atoms with van der Waals surface area (Å²) in [6.45, 7) is 0. The Morgan fingerprint density at radius 3 is 1.29 bits per heavy atom. The summed E-state index contributed by atoms with van der Waals surface area (Å²) in [7, 11) is 0. The fourth-order valence-corrected chi connectivity index (χ4v) is 9.92. The summed E-state index contributed by atoms with van der Waals surface area (Å²) in [5.41, 5.74) is 17.4. The van der Waals surface area contributed by atoms with E-state index in [1.807, 2.05) is 0 Å². The Balaban J connectivity index is 1.19. The fourth-order valence-electron chi connectivity index (χ4n) is 9.92. The molecule has 13 rings (SSSR count). The van der Waals surface area contributed by atoms with Crippen molar-refractivity contribution in [2.75, 3.05) is 0 Å². The first-order chi connectivity index (χ1) is 27.8. The fraction of sp³-hybridized carbons (Fsp3) is 0. The number of hydrogen-bond acceptors (Lipinski definition) is 0. The van der Waals surface area contributed by atoms with Crippen LogP contribution >= 0.6 is 0 Å². The van der Waals surface area contributed by atoms with Gasteiger partial charge in [0.05, 0.1) is 27.6 Å². The van der Waals surface area contributed by atoms with Crippen LogP contribution in [-0.4, -0.2) is 8.97 Å². The van der Waals surface area contributed by atoms with Crippen LogP contribution in [0.25, 0.3) is 121 Å². The maximum atomic E-state index is 2.60. The van der Waals surface area contributed by atoms with E-state index in [0.717, 1.165) is 0 Å². The van der Waals surface area contributed by atoms with Crippen LogP contribution in [0.15, 0.2) is 194 Å². The van der Waals surface area contributed by atoms with Crippen LogP contribution in [0.2, 0.25) is 0 Å². The number of nitrogens with zero attached hydrogens (tertiary/aromatic N) is 2. The topological polar surface area (TPSA) is 9.34 Å². The van der Waals surface area contributed by atoms with Crippen LogP contribution in [0.4, 0.5) is 0 Å². The number of aromatic nitrogens is 2. The number of rotatable bonds is 5. The van der Waals surface area contributed by atoms with Crippen molar-refractivity contribution >= 4 is 70.7 Å². The molecule has 0 atom stereocenters. The molecule has 0 N–H and O–H groups in total. The maximum Gasteiger partial charge on any atom is 0.0628 e. The van der Waals surface area contributed by atoms with Gasteiger partial charge in [0, 0.05) is 48.8 Å². The van der Waals surface area contributed by atoms with E-state index in [0.29, 0.717) is 0 Å². The Morgan fingerprint density at radius 2 is 0.696 bits per heavy atom. The highest BCUT2D eigenvalue weighted by Gasteiger charge is 2.29. The molecule has 0 saturated carbocycles. The Kier molecular flexibility index (Phi) is 5.92. The lowest BCUT2D eigenvalue weighted by molar-refractivity contribution is 1.18. The van der Waals surface area contributed by atoms with Crippen molar-refractivity contribution in [3.63, 3.8) is 0 Å². The largest absolute Gasteiger partial charge is 0.309 e. The molecule has 0 saturated heterocycles. The highest BCUT2D eigenvalue weighted by atomic mass is 15.0. The zero-order valence-electron chi connectivity index (χ0n) is 30.4. The van der Waals surface area contributed by atoms with Gasteiger partial charge < -0.3 is 8.97 Å². The second kappa shape index (κ2) is 11.1. The van der Waals surface area contributed by atoms with Gasteiger partial charge >= 0.3 is 0 Å². The third-order valence-corrected chi connectivity index (χ3v) is 12.3. The normalized spacial score (nSPS) is 12.3. The Bertz CT molecular complexity index is 3610. The van der Waals surface area contributed by atoms with Crippen molar-refractivity contribution < 1.29 is 0 Å². The SMILES string of the molecule is c1ccc(-c2cccc(-c3cc4c5cc(-c6cccc(-c7ccccc7)c6)cc6c7c8c9ccccc9n(-c9ccccc9)c8cc8c(c3)c4n(c56)c87)c2)cc1. The third kappa shape index (κ3) is 4.00. The summed E-state index contributed by atoms with van der Waals surface area (Å²) in [5, 5.41) is 10.5. The average molecular weight is 709 g/mol. The number of fused-ring (bicyclic) bond motifs is 7. The van der Waals surface area contributed by atoms with E-state index in [-0.39, 0.29) is 0 Å². The van der Waals surface area contributed by atoms with Crippen molar-refractivity contribution in [1.29, 1.82) is 0 Å². The minimum absolute atomic E-state index is 1.17. The monoisotopic (exact) mass is 708 g/mol. The highest BCUT2D eigenvalue weighted by molar-refractivity contribution is 6.41. The van der Waals surface area contributed by atoms with E-state index in [2.05, 4.69) is 203 Å². The van der Waals surface area contributed by atoms with Crippen molar-refractivity contribution in [1.82, 2.24) is 8.97 Å². The van der Waals surface area contributed by atoms with Gasteiger partial charge in [-0.1, -0.05) is 133 Å². The second-order valence-electron chi connectivity index (χ2n) is 15.3. The molecule has 0 aliphatic heterocycles. The molecule has 0 amide bonds. The smallest absolute Gasteiger partial charge is 0.0628 e. The Labute approximate surface area is 322 Å². The molecule has 0 bridgehead atoms. The van der Waals surface area contributed by atoms with E-state index >= 15 is 0 Å². The summed E-state index contributed by atoms with van der Waals surface area (Å²) in [6, 6.07) is 71.7. The molecule has 0 aliphatic rings. The van der Waals surface area contributed by atoms with Gasteiger partial charge in [0.2, 0.25) is 0 Å². The minimum Gasteiger partial charge on any atom is -0.309 e. The molecule has 0 fully saturated rings. The van der Waals surface area contributed by atoms with Crippen LogP contribution in [-0.2, 0) is 0 Å². The second-order valence-corrected chi connectivity index (χ2v) is 15.3. The molecule has 4 heterocycles. The molecule has 0 aliphatic carbocycles. The molecular weight excluding hydrogens is 677 g/mol. The standard InChI is InChI=1S/C54H32N2/c1-4-14-33(15-5-1)35-18-12-20-37(26-35)39-28-43-44-30-40(38-21-13-19-36(27-38)34-16-6-2-7-17-34)31-47-51-50-42-24-10-11-25-48(42)55(41-22-8-3-9-23-41)49(50)32-46-45(29-39)52(43)56(53(44)47)54(46)51/h1-32H. The third-order valence-electron chi connectivity index (χ3n) is 12.3. The number of hydrogen-bond donors (Lipinski definition) is 0. The lowest BCUT2D eigenvalue weighted by atomic mass is 9.95. The summed E-state index contributed by atoms with van der Waals surface area (Å²) in [4.78, 5) is 0. The van der Waals surface area contributed by atoms with Crippen molar-refractivity contribution in [2.24, 2.45) is 0 Å². The molecule has 9 aromatic carbocycles. The quantitative estimate of drug-likeness (QED) is 0.168. The average Bonchev–Trinajstić information content (AvgIpc) is 4.00. The first-order valence-electron chi connectivity index (χ1n) is 19.4. The number of para-hydroxylation sites is 2. The van der Waals surface area contributed by atoms with Gasteiger partial charge in [-0.05, 0) is 105 Å². The van der Waals surface area contributed by atoms with Crippen LogP contribution in [0.3, 0.4) is 0 Å². The van der Waals surface area contributed by atoms with Crippen molar-refractivity contribution in [3.8, 4) is 50.2 Å². The summed E-state index contributed by atoms with van der Waals surface area (Å²) in [5.74, 6) is 0. The van der Waals surface area contributed by atoms with Gasteiger partial charge in [0.25, 0.3) is 0 Å². The van der Waals surface area contributed by atoms with Crippen molar-refractivity contribution in [3.05, 3.63) is 194 Å². The number of benzene rings is 9. The van der Waals surface area contributed by atoms with E-state index in [9.17, 15) is 0 Å². The van der Waals surface area contributed by atoms with Gasteiger partial charge in [-0.2, -0.15) is 0 Å². The van der Waals surface area contributed by atoms with Gasteiger partial charge in [-0.25, -0.2) is 0 Å². The summed E-state index contributed by atoms with van der Waals surface area (Å²) >= 11 is 0. The lowest BCUT2D eigenvalue weighted by Crippen LogP contribution is -1.92. The molecule has 2 heteroatoms. The first-order valence-corrected chi connectivity index (χ1v) is 19.4. The Hall–Kier alpha value is -7.42. The molecule has 13 aromatic rings. The summed E-state index contributed by atoms with van der Waals surface area (Å²) in [6.07, 6.45) is 0. The van der Waals surface area contributed by atoms with Gasteiger partial charge in [0.1, 0.15) is 0 Å². The maximum absolute atomic E-state index is 2.60. The van der Waals surface area contributed by atoms with Crippen LogP contribution < -0.4 is 0 Å². The van der Waals surface area contributed by atoms with E-state index in [1.165, 1.54) is 121 Å². The molecule has 258 valence electrons. The zero-order chi connectivity index (χ0) is 36.5. The van der Waals surface area contributed by atoms with Crippen LogP contribution in [0.5, 0.6) is 0 Å². The van der Waals surface area contributed by atoms with E-state index in [1.54, 1.807) is 0 Å². The molecule has 56 heavy (non-hydrogen) atoms. The molecule has 0 unspecified atom stereocenters. The highest BCUT2D eigenvalue weighted by Crippen LogP contribution is 2.53. The summed E-state index contributed by atoms with van der Waals surface area (Å²) < 4.78 is 5.07. The van der Waals surface area contributed by atoms with Crippen molar-refractivity contribution in [2.45, 2.75) is 0 Å². The first kappa shape index (κ1) is 30.0. The van der Waals surface area contributed by atoms with Crippen LogP contribution in [0.1, 0.15) is 0 Å².